The van der Waals surface area contributed by atoms with Gasteiger partial charge in [-0.25, -0.2) is 0 Å². The predicted molar refractivity (Wildman–Crippen MR) is 118 cm³/mol. The van der Waals surface area contributed by atoms with Gasteiger partial charge < -0.3 is 14.6 Å². The standard InChI is InChI=1S/C27H42O3/c1-16-7-12-27(29-15-16)17(2)24-23(30-27)14-22-20-6-5-18-13-19(28)8-10-25(18,3)21(20)9-11-26(22,24)4/h5,16-17,19-24,28H,6-15H2,1-4H3/t16-,17+,19+,20-,21+,22+,23+,24+,25+,26+,27?/m1/s1. The maximum atomic E-state index is 10.3. The van der Waals surface area contributed by atoms with Gasteiger partial charge in [0.1, 0.15) is 0 Å². The number of allylic oxidation sites excluding steroid dienone is 1. The van der Waals surface area contributed by atoms with E-state index in [9.17, 15) is 5.11 Å². The molecule has 1 N–H and O–H groups in total. The molecule has 2 heterocycles. The van der Waals surface area contributed by atoms with Crippen molar-refractivity contribution in [2.24, 2.45) is 46.3 Å². The van der Waals surface area contributed by atoms with Gasteiger partial charge in [0.25, 0.3) is 0 Å². The summed E-state index contributed by atoms with van der Waals surface area (Å²) in [7, 11) is 0. The van der Waals surface area contributed by atoms with Crippen LogP contribution in [0.1, 0.15) is 85.5 Å². The van der Waals surface area contributed by atoms with Crippen molar-refractivity contribution < 1.29 is 14.6 Å². The fourth-order valence-electron chi connectivity index (χ4n) is 9.66. The second kappa shape index (κ2) is 6.58. The summed E-state index contributed by atoms with van der Waals surface area (Å²) in [5, 5.41) is 10.3. The molecule has 2 aliphatic heterocycles. The van der Waals surface area contributed by atoms with E-state index < -0.39 is 0 Å². The molecule has 3 heteroatoms. The molecular weight excluding hydrogens is 372 g/mol. The van der Waals surface area contributed by atoms with Crippen molar-refractivity contribution in [3.8, 4) is 0 Å². The van der Waals surface area contributed by atoms with E-state index in [2.05, 4.69) is 33.8 Å². The zero-order valence-electron chi connectivity index (χ0n) is 19.5. The highest BCUT2D eigenvalue weighted by Crippen LogP contribution is 2.70. The van der Waals surface area contributed by atoms with E-state index in [-0.39, 0.29) is 11.9 Å². The molecule has 168 valence electrons. The predicted octanol–water partition coefficient (Wildman–Crippen LogP) is 5.71. The van der Waals surface area contributed by atoms with Gasteiger partial charge >= 0.3 is 0 Å². The Kier molecular flexibility index (Phi) is 4.44. The van der Waals surface area contributed by atoms with Gasteiger partial charge in [-0.1, -0.05) is 39.3 Å². The molecule has 3 nitrogen and oxygen atoms in total. The lowest BCUT2D eigenvalue weighted by Gasteiger charge is -2.58. The van der Waals surface area contributed by atoms with Crippen LogP contribution in [0.2, 0.25) is 0 Å². The van der Waals surface area contributed by atoms with Crippen LogP contribution in [0, 0.1) is 46.3 Å². The summed E-state index contributed by atoms with van der Waals surface area (Å²) < 4.78 is 13.3. The molecule has 0 bridgehead atoms. The SMILES string of the molecule is C[C@@H]1CCC2(OC1)O[C@H]1C[C@H]3[C@@H]4CC=C5C[C@@H](O)CC[C@]5(C)[C@H]4CC[C@]3(C)[C@H]1[C@@H]2C. The first kappa shape index (κ1) is 20.2. The Morgan fingerprint density at radius 2 is 1.87 bits per heavy atom. The molecule has 1 unspecified atom stereocenters. The van der Waals surface area contributed by atoms with Crippen LogP contribution in [0.5, 0.6) is 0 Å². The monoisotopic (exact) mass is 414 g/mol. The molecule has 11 atom stereocenters. The fourth-order valence-corrected chi connectivity index (χ4v) is 9.66. The quantitative estimate of drug-likeness (QED) is 0.516. The molecule has 2 saturated heterocycles. The Hall–Kier alpha value is -0.380. The lowest BCUT2D eigenvalue weighted by Crippen LogP contribution is -2.52. The summed E-state index contributed by atoms with van der Waals surface area (Å²) in [5.41, 5.74) is 2.31. The molecule has 5 fully saturated rings. The average Bonchev–Trinajstić information content (AvgIpc) is 3.16. The molecule has 6 aliphatic rings. The van der Waals surface area contributed by atoms with Crippen molar-refractivity contribution >= 4 is 0 Å². The largest absolute Gasteiger partial charge is 0.393 e. The molecule has 0 amide bonds. The summed E-state index contributed by atoms with van der Waals surface area (Å²) in [6, 6.07) is 0. The maximum Gasteiger partial charge on any atom is 0.171 e. The normalized spacial score (nSPS) is 59.8. The first-order valence-corrected chi connectivity index (χ1v) is 13.0. The van der Waals surface area contributed by atoms with Crippen molar-refractivity contribution in [2.75, 3.05) is 6.61 Å². The lowest BCUT2D eigenvalue weighted by atomic mass is 9.47. The topological polar surface area (TPSA) is 38.7 Å². The molecule has 0 radical (unpaired) electrons. The van der Waals surface area contributed by atoms with Crippen molar-refractivity contribution in [2.45, 2.75) is 103 Å². The Labute approximate surface area is 183 Å². The third-order valence-electron chi connectivity index (χ3n) is 11.3. The molecule has 0 aromatic carbocycles. The van der Waals surface area contributed by atoms with Gasteiger partial charge in [-0.05, 0) is 91.8 Å². The summed E-state index contributed by atoms with van der Waals surface area (Å²) in [5.74, 6) is 3.94. The number of aliphatic hydroxyl groups excluding tert-OH is 1. The van der Waals surface area contributed by atoms with Crippen molar-refractivity contribution in [3.05, 3.63) is 11.6 Å². The summed E-state index contributed by atoms with van der Waals surface area (Å²) in [6.45, 7) is 10.8. The highest BCUT2D eigenvalue weighted by atomic mass is 16.7. The van der Waals surface area contributed by atoms with Gasteiger partial charge in [-0.2, -0.15) is 0 Å². The zero-order valence-corrected chi connectivity index (χ0v) is 19.5. The Morgan fingerprint density at radius 3 is 2.63 bits per heavy atom. The van der Waals surface area contributed by atoms with Gasteiger partial charge in [0.2, 0.25) is 0 Å². The van der Waals surface area contributed by atoms with Crippen LogP contribution in [0.4, 0.5) is 0 Å². The van der Waals surface area contributed by atoms with Crippen molar-refractivity contribution in [3.63, 3.8) is 0 Å². The first-order valence-electron chi connectivity index (χ1n) is 13.0. The summed E-state index contributed by atoms with van der Waals surface area (Å²) in [6.07, 6.45) is 13.5. The average molecular weight is 415 g/mol. The molecule has 30 heavy (non-hydrogen) atoms. The number of rotatable bonds is 0. The minimum Gasteiger partial charge on any atom is -0.393 e. The van der Waals surface area contributed by atoms with E-state index >= 15 is 0 Å². The van der Waals surface area contributed by atoms with Crippen LogP contribution in [-0.4, -0.2) is 29.7 Å². The van der Waals surface area contributed by atoms with Crippen LogP contribution >= 0.6 is 0 Å². The zero-order chi connectivity index (χ0) is 20.9. The van der Waals surface area contributed by atoms with Gasteiger partial charge in [-0.15, -0.1) is 0 Å². The van der Waals surface area contributed by atoms with Crippen LogP contribution < -0.4 is 0 Å². The maximum absolute atomic E-state index is 10.3. The number of hydrogen-bond acceptors (Lipinski definition) is 3. The van der Waals surface area contributed by atoms with E-state index in [1.54, 1.807) is 5.57 Å². The number of ether oxygens (including phenoxy) is 2. The third kappa shape index (κ3) is 2.55. The fraction of sp³-hybridized carbons (Fsp3) is 0.926. The molecular formula is C27H42O3. The van der Waals surface area contributed by atoms with Crippen molar-refractivity contribution in [1.82, 2.24) is 0 Å². The van der Waals surface area contributed by atoms with E-state index in [1.807, 2.05) is 0 Å². The lowest BCUT2D eigenvalue weighted by molar-refractivity contribution is -0.272. The number of aliphatic hydroxyl groups is 1. The second-order valence-corrected chi connectivity index (χ2v) is 12.7. The first-order chi connectivity index (χ1) is 14.3. The highest BCUT2D eigenvalue weighted by Gasteiger charge is 2.68. The molecule has 3 saturated carbocycles. The molecule has 0 aromatic rings. The van der Waals surface area contributed by atoms with Crippen LogP contribution in [0.3, 0.4) is 0 Å². The Balaban J connectivity index is 1.28. The second-order valence-electron chi connectivity index (χ2n) is 12.7. The summed E-state index contributed by atoms with van der Waals surface area (Å²) >= 11 is 0. The van der Waals surface area contributed by atoms with Gasteiger partial charge in [0, 0.05) is 12.3 Å². The van der Waals surface area contributed by atoms with Crippen LogP contribution in [0.25, 0.3) is 0 Å². The van der Waals surface area contributed by atoms with Gasteiger partial charge in [-0.3, -0.25) is 0 Å². The number of fused-ring (bicyclic) bond motifs is 7. The Morgan fingerprint density at radius 1 is 1.03 bits per heavy atom. The summed E-state index contributed by atoms with van der Waals surface area (Å²) in [4.78, 5) is 0. The molecule has 4 aliphatic carbocycles. The minimum absolute atomic E-state index is 0.107. The third-order valence-corrected chi connectivity index (χ3v) is 11.3. The number of hydrogen-bond donors (Lipinski definition) is 1. The van der Waals surface area contributed by atoms with E-state index in [4.69, 9.17) is 9.47 Å². The smallest absolute Gasteiger partial charge is 0.171 e. The van der Waals surface area contributed by atoms with E-state index in [1.165, 1.54) is 38.5 Å². The van der Waals surface area contributed by atoms with Gasteiger partial charge in [0.05, 0.1) is 18.8 Å². The van der Waals surface area contributed by atoms with E-state index in [0.717, 1.165) is 43.6 Å². The molecule has 6 rings (SSSR count). The van der Waals surface area contributed by atoms with Crippen LogP contribution in [0.15, 0.2) is 11.6 Å². The molecule has 0 aromatic heterocycles. The highest BCUT2D eigenvalue weighted by molar-refractivity contribution is 5.26. The molecule has 1 spiro atoms. The van der Waals surface area contributed by atoms with Crippen LogP contribution in [-0.2, 0) is 9.47 Å². The Bertz CT molecular complexity index is 736. The van der Waals surface area contributed by atoms with Gasteiger partial charge in [0.15, 0.2) is 5.79 Å². The van der Waals surface area contributed by atoms with E-state index in [0.29, 0.717) is 34.7 Å². The van der Waals surface area contributed by atoms with Crippen molar-refractivity contribution in [1.29, 1.82) is 0 Å². The minimum atomic E-state index is -0.294.